The highest BCUT2D eigenvalue weighted by Gasteiger charge is 2.16. The third-order valence-corrected chi connectivity index (χ3v) is 2.77. The van der Waals surface area contributed by atoms with Crippen LogP contribution >= 0.6 is 0 Å². The quantitative estimate of drug-likeness (QED) is 0.750. The lowest BCUT2D eigenvalue weighted by Crippen LogP contribution is -2.37. The average molecular weight is 279 g/mol. The van der Waals surface area contributed by atoms with Crippen molar-refractivity contribution in [2.45, 2.75) is 13.0 Å². The van der Waals surface area contributed by atoms with E-state index < -0.39 is 5.97 Å². The molecule has 0 aliphatic heterocycles. The van der Waals surface area contributed by atoms with Gasteiger partial charge in [-0.25, -0.2) is 4.79 Å². The number of carboxylic acid groups (broad SMARTS) is 1. The van der Waals surface area contributed by atoms with Crippen molar-refractivity contribution in [3.8, 4) is 6.07 Å². The monoisotopic (exact) mass is 279 g/mol. The number of aromatic carboxylic acids is 1. The Hall–Kier alpha value is -2.33. The normalized spacial score (nSPS) is 10.0. The molecule has 1 aromatic rings. The number of hydrogen-bond acceptors (Lipinski definition) is 4. The molecule has 1 heterocycles. The lowest BCUT2D eigenvalue weighted by molar-refractivity contribution is -0.132. The van der Waals surface area contributed by atoms with Gasteiger partial charge in [-0.2, -0.15) is 5.26 Å². The Morgan fingerprint density at radius 3 is 2.85 bits per heavy atom. The van der Waals surface area contributed by atoms with Crippen LogP contribution in [0.15, 0.2) is 18.3 Å². The van der Waals surface area contributed by atoms with Crippen LogP contribution in [0.3, 0.4) is 0 Å². The first-order chi connectivity index (χ1) is 9.60. The maximum atomic E-state index is 12.1. The second-order valence-electron chi connectivity index (χ2n) is 4.11. The first-order valence-electron chi connectivity index (χ1n) is 6.12. The number of nitriles is 1. The van der Waals surface area contributed by atoms with Crippen molar-refractivity contribution in [2.75, 3.05) is 26.8 Å². The minimum absolute atomic E-state index is 0.0605. The first kappa shape index (κ1) is 15.7. The fourth-order valence-corrected chi connectivity index (χ4v) is 1.74. The number of hydrogen-bond donors (Lipinski definition) is 1. The van der Waals surface area contributed by atoms with E-state index in [1.165, 1.54) is 22.6 Å². The average Bonchev–Trinajstić information content (AvgIpc) is 2.87. The summed E-state index contributed by atoms with van der Waals surface area (Å²) in [5, 5.41) is 17.6. The van der Waals surface area contributed by atoms with E-state index in [-0.39, 0.29) is 24.6 Å². The van der Waals surface area contributed by atoms with Crippen molar-refractivity contribution in [1.29, 1.82) is 5.26 Å². The van der Waals surface area contributed by atoms with Gasteiger partial charge in [-0.3, -0.25) is 4.79 Å². The van der Waals surface area contributed by atoms with Crippen LogP contribution in [-0.4, -0.2) is 53.3 Å². The second kappa shape index (κ2) is 7.96. The van der Waals surface area contributed by atoms with Crippen LogP contribution < -0.4 is 0 Å². The molecule has 0 fully saturated rings. The third kappa shape index (κ3) is 4.40. The molecule has 1 N–H and O–H groups in total. The van der Waals surface area contributed by atoms with E-state index in [1.807, 2.05) is 6.07 Å². The topological polar surface area (TPSA) is 95.6 Å². The Bertz CT molecular complexity index is 504. The number of methoxy groups -OCH3 is 1. The predicted molar refractivity (Wildman–Crippen MR) is 70.1 cm³/mol. The van der Waals surface area contributed by atoms with Crippen molar-refractivity contribution in [3.63, 3.8) is 0 Å². The number of carbonyl (C=O) groups excluding carboxylic acids is 1. The van der Waals surface area contributed by atoms with Crippen LogP contribution in [0.2, 0.25) is 0 Å². The molecule has 0 spiro atoms. The van der Waals surface area contributed by atoms with Gasteiger partial charge in [0.15, 0.2) is 0 Å². The van der Waals surface area contributed by atoms with Gasteiger partial charge in [0.25, 0.3) is 0 Å². The fraction of sp³-hybridized carbons (Fsp3) is 0.462. The summed E-state index contributed by atoms with van der Waals surface area (Å²) in [5.74, 6) is -1.32. The van der Waals surface area contributed by atoms with Crippen molar-refractivity contribution >= 4 is 11.9 Å². The number of carboxylic acids is 1. The van der Waals surface area contributed by atoms with E-state index in [0.717, 1.165) is 0 Å². The molecule has 1 aromatic heterocycles. The molecule has 0 aliphatic carbocycles. The smallest absolute Gasteiger partial charge is 0.352 e. The Kier molecular flexibility index (Phi) is 6.26. The predicted octanol–water partition coefficient (Wildman–Crippen LogP) is 0.575. The van der Waals surface area contributed by atoms with Gasteiger partial charge in [0, 0.05) is 26.4 Å². The molecule has 108 valence electrons. The Morgan fingerprint density at radius 2 is 2.25 bits per heavy atom. The van der Waals surface area contributed by atoms with Crippen LogP contribution in [0, 0.1) is 11.3 Å². The Morgan fingerprint density at radius 1 is 1.50 bits per heavy atom. The highest BCUT2D eigenvalue weighted by molar-refractivity contribution is 5.86. The summed E-state index contributed by atoms with van der Waals surface area (Å²) in [5.41, 5.74) is 0.0605. The SMILES string of the molecule is COCCN(CCC#N)C(=O)Cn1cccc1C(=O)O. The summed E-state index contributed by atoms with van der Waals surface area (Å²) >= 11 is 0. The van der Waals surface area contributed by atoms with E-state index >= 15 is 0 Å². The van der Waals surface area contributed by atoms with Gasteiger partial charge < -0.3 is 19.3 Å². The molecule has 7 heteroatoms. The highest BCUT2D eigenvalue weighted by Crippen LogP contribution is 2.04. The van der Waals surface area contributed by atoms with E-state index in [4.69, 9.17) is 15.1 Å². The maximum absolute atomic E-state index is 12.1. The van der Waals surface area contributed by atoms with Crippen molar-refractivity contribution in [2.24, 2.45) is 0 Å². The van der Waals surface area contributed by atoms with Crippen LogP contribution in [0.4, 0.5) is 0 Å². The summed E-state index contributed by atoms with van der Waals surface area (Å²) in [7, 11) is 1.53. The molecule has 0 saturated heterocycles. The molecule has 7 nitrogen and oxygen atoms in total. The zero-order chi connectivity index (χ0) is 15.0. The van der Waals surface area contributed by atoms with Gasteiger partial charge in [-0.05, 0) is 12.1 Å². The standard InChI is InChI=1S/C13H17N3O4/c1-20-9-8-15(7-3-5-14)12(17)10-16-6-2-4-11(16)13(18)19/h2,4,6H,3,7-10H2,1H3,(H,18,19). The molecule has 20 heavy (non-hydrogen) atoms. The number of ether oxygens (including phenoxy) is 1. The van der Waals surface area contributed by atoms with Crippen LogP contribution in [0.1, 0.15) is 16.9 Å². The summed E-state index contributed by atoms with van der Waals surface area (Å²) in [4.78, 5) is 24.6. The van der Waals surface area contributed by atoms with E-state index in [0.29, 0.717) is 19.7 Å². The lowest BCUT2D eigenvalue weighted by Gasteiger charge is -2.21. The van der Waals surface area contributed by atoms with Gasteiger partial charge in [-0.1, -0.05) is 0 Å². The molecule has 0 saturated carbocycles. The zero-order valence-electron chi connectivity index (χ0n) is 11.3. The molecular formula is C13H17N3O4. The zero-order valence-corrected chi connectivity index (χ0v) is 11.3. The molecule has 0 aromatic carbocycles. The van der Waals surface area contributed by atoms with E-state index in [2.05, 4.69) is 0 Å². The summed E-state index contributed by atoms with van der Waals surface area (Å²) in [6.07, 6.45) is 1.77. The molecule has 0 unspecified atom stereocenters. The molecule has 0 bridgehead atoms. The number of rotatable bonds is 8. The van der Waals surface area contributed by atoms with Crippen molar-refractivity contribution in [1.82, 2.24) is 9.47 Å². The Balaban J connectivity index is 2.71. The maximum Gasteiger partial charge on any atom is 0.352 e. The van der Waals surface area contributed by atoms with Crippen molar-refractivity contribution < 1.29 is 19.4 Å². The van der Waals surface area contributed by atoms with Gasteiger partial charge in [0.05, 0.1) is 19.1 Å². The number of amides is 1. The lowest BCUT2D eigenvalue weighted by atomic mass is 10.3. The third-order valence-electron chi connectivity index (χ3n) is 2.77. The summed E-state index contributed by atoms with van der Waals surface area (Å²) in [6.45, 7) is 0.988. The molecule has 1 rings (SSSR count). The number of aromatic nitrogens is 1. The minimum atomic E-state index is -1.08. The van der Waals surface area contributed by atoms with Crippen LogP contribution in [0.5, 0.6) is 0 Å². The van der Waals surface area contributed by atoms with Crippen LogP contribution in [0.25, 0.3) is 0 Å². The number of carbonyl (C=O) groups is 2. The molecule has 1 amide bonds. The van der Waals surface area contributed by atoms with E-state index in [1.54, 1.807) is 12.3 Å². The first-order valence-corrected chi connectivity index (χ1v) is 6.12. The molecule has 0 radical (unpaired) electrons. The molecule has 0 atom stereocenters. The Labute approximate surface area is 117 Å². The van der Waals surface area contributed by atoms with E-state index in [9.17, 15) is 9.59 Å². The largest absolute Gasteiger partial charge is 0.477 e. The molecule has 0 aliphatic rings. The summed E-state index contributed by atoms with van der Waals surface area (Å²) in [6, 6.07) is 4.99. The van der Waals surface area contributed by atoms with Gasteiger partial charge >= 0.3 is 5.97 Å². The minimum Gasteiger partial charge on any atom is -0.477 e. The second-order valence-corrected chi connectivity index (χ2v) is 4.11. The van der Waals surface area contributed by atoms with Gasteiger partial charge in [0.1, 0.15) is 12.2 Å². The van der Waals surface area contributed by atoms with Gasteiger partial charge in [-0.15, -0.1) is 0 Å². The highest BCUT2D eigenvalue weighted by atomic mass is 16.5. The summed E-state index contributed by atoms with van der Waals surface area (Å²) < 4.78 is 6.29. The van der Waals surface area contributed by atoms with Crippen molar-refractivity contribution in [3.05, 3.63) is 24.0 Å². The van der Waals surface area contributed by atoms with Crippen LogP contribution in [-0.2, 0) is 16.1 Å². The fourth-order valence-electron chi connectivity index (χ4n) is 1.74. The number of nitrogens with zero attached hydrogens (tertiary/aromatic N) is 3. The van der Waals surface area contributed by atoms with Gasteiger partial charge in [0.2, 0.25) is 5.91 Å². The molecular weight excluding hydrogens is 262 g/mol.